The molecule has 5 heteroatoms. The number of ether oxygens (including phenoxy) is 1. The minimum atomic E-state index is -0.0140. The second kappa shape index (κ2) is 5.75. The molecule has 1 aliphatic rings. The van der Waals surface area contributed by atoms with Gasteiger partial charge in [-0.25, -0.2) is 0 Å². The van der Waals surface area contributed by atoms with Crippen molar-refractivity contribution in [2.24, 2.45) is 0 Å². The van der Waals surface area contributed by atoms with E-state index in [0.29, 0.717) is 6.04 Å². The van der Waals surface area contributed by atoms with Crippen LogP contribution in [0, 0.1) is 4.77 Å². The zero-order chi connectivity index (χ0) is 15.0. The van der Waals surface area contributed by atoms with E-state index in [1.165, 1.54) is 0 Å². The highest BCUT2D eigenvalue weighted by molar-refractivity contribution is 7.71. The second-order valence-corrected chi connectivity index (χ2v) is 6.61. The Bertz CT molecular complexity index is 702. The molecule has 1 unspecified atom stereocenters. The molecule has 1 atom stereocenters. The lowest BCUT2D eigenvalue weighted by molar-refractivity contribution is -0.0983. The number of nitrogens with one attached hydrogen (secondary N) is 1. The number of aromatic amines is 1. The van der Waals surface area contributed by atoms with E-state index in [-0.39, 0.29) is 5.60 Å². The Morgan fingerprint density at radius 3 is 2.90 bits per heavy atom. The summed E-state index contributed by atoms with van der Waals surface area (Å²) < 4.78 is 9.08. The molecule has 1 N–H and O–H groups in total. The first kappa shape index (κ1) is 15.1. The summed E-state index contributed by atoms with van der Waals surface area (Å²) in [5.41, 5.74) is 2.02. The van der Waals surface area contributed by atoms with Gasteiger partial charge in [0.15, 0.2) is 4.77 Å². The lowest BCUT2D eigenvalue weighted by Gasteiger charge is -2.40. The van der Waals surface area contributed by atoms with E-state index in [1.807, 2.05) is 12.1 Å². The van der Waals surface area contributed by atoms with Gasteiger partial charge >= 0.3 is 0 Å². The summed E-state index contributed by atoms with van der Waals surface area (Å²) in [4.78, 5) is 3.26. The van der Waals surface area contributed by atoms with Crippen molar-refractivity contribution < 1.29 is 4.74 Å². The van der Waals surface area contributed by atoms with Crippen LogP contribution in [0.1, 0.15) is 45.6 Å². The molecular formula is C16H21ClN2OS. The van der Waals surface area contributed by atoms with Crippen LogP contribution < -0.4 is 0 Å². The number of para-hydroxylation sites is 1. The van der Waals surface area contributed by atoms with E-state index in [1.54, 1.807) is 0 Å². The van der Waals surface area contributed by atoms with Gasteiger partial charge in [0.1, 0.15) is 0 Å². The maximum absolute atomic E-state index is 6.28. The number of hydrogen-bond acceptors (Lipinski definition) is 2. The smallest absolute Gasteiger partial charge is 0.178 e. The fourth-order valence-electron chi connectivity index (χ4n) is 3.44. The summed E-state index contributed by atoms with van der Waals surface area (Å²) in [5.74, 6) is 0. The number of rotatable bonds is 3. The van der Waals surface area contributed by atoms with Crippen LogP contribution in [0.4, 0.5) is 0 Å². The van der Waals surface area contributed by atoms with Crippen molar-refractivity contribution in [1.29, 1.82) is 0 Å². The highest BCUT2D eigenvalue weighted by atomic mass is 35.5. The molecule has 1 aromatic carbocycles. The maximum atomic E-state index is 6.28. The normalized spacial score (nSPS) is 21.8. The van der Waals surface area contributed by atoms with E-state index in [2.05, 4.69) is 29.5 Å². The molecule has 2 heterocycles. The summed E-state index contributed by atoms with van der Waals surface area (Å²) in [6, 6.07) is 6.34. The number of H-pyrrole nitrogens is 1. The van der Waals surface area contributed by atoms with Crippen molar-refractivity contribution in [3.8, 4) is 0 Å². The van der Waals surface area contributed by atoms with Gasteiger partial charge < -0.3 is 14.3 Å². The van der Waals surface area contributed by atoms with Gasteiger partial charge in [0.2, 0.25) is 0 Å². The molecule has 1 aliphatic heterocycles. The third-order valence-electron chi connectivity index (χ3n) is 4.82. The molecule has 114 valence electrons. The van der Waals surface area contributed by atoms with E-state index in [9.17, 15) is 0 Å². The largest absolute Gasteiger partial charge is 0.375 e. The van der Waals surface area contributed by atoms with Crippen molar-refractivity contribution >= 4 is 34.9 Å². The van der Waals surface area contributed by atoms with Gasteiger partial charge in [0, 0.05) is 12.6 Å². The van der Waals surface area contributed by atoms with Crippen molar-refractivity contribution in [3.05, 3.63) is 28.0 Å². The van der Waals surface area contributed by atoms with Gasteiger partial charge in [0.05, 0.1) is 21.7 Å². The van der Waals surface area contributed by atoms with E-state index < -0.39 is 0 Å². The molecule has 0 bridgehead atoms. The van der Waals surface area contributed by atoms with Crippen molar-refractivity contribution in [1.82, 2.24) is 9.55 Å². The van der Waals surface area contributed by atoms with Gasteiger partial charge in [-0.05, 0) is 50.0 Å². The van der Waals surface area contributed by atoms with Crippen molar-refractivity contribution in [2.75, 3.05) is 6.61 Å². The number of fused-ring (bicyclic) bond motifs is 1. The predicted octanol–water partition coefficient (Wildman–Crippen LogP) is 5.26. The minimum Gasteiger partial charge on any atom is -0.375 e. The first-order chi connectivity index (χ1) is 10.1. The molecule has 0 saturated carbocycles. The zero-order valence-electron chi connectivity index (χ0n) is 12.5. The minimum absolute atomic E-state index is 0.0140. The third kappa shape index (κ3) is 2.54. The maximum Gasteiger partial charge on any atom is 0.178 e. The molecule has 3 nitrogen and oxygen atoms in total. The SMILES string of the molecule is CCC1(CC)CC(n2c(=S)[nH]c3c(Cl)cccc32)CCO1. The number of hydrogen-bond donors (Lipinski definition) is 1. The monoisotopic (exact) mass is 324 g/mol. The fraction of sp³-hybridized carbons (Fsp3) is 0.562. The molecule has 0 amide bonds. The third-order valence-corrected chi connectivity index (χ3v) is 5.44. The van der Waals surface area contributed by atoms with E-state index >= 15 is 0 Å². The molecular weight excluding hydrogens is 304 g/mol. The molecule has 1 fully saturated rings. The van der Waals surface area contributed by atoms with Gasteiger partial charge in [-0.3, -0.25) is 0 Å². The quantitative estimate of drug-likeness (QED) is 0.780. The molecule has 0 aliphatic carbocycles. The predicted molar refractivity (Wildman–Crippen MR) is 89.7 cm³/mol. The number of benzene rings is 1. The average molecular weight is 325 g/mol. The van der Waals surface area contributed by atoms with Gasteiger partial charge in [0.25, 0.3) is 0 Å². The summed E-state index contributed by atoms with van der Waals surface area (Å²) in [5, 5.41) is 0.724. The van der Waals surface area contributed by atoms with Crippen LogP contribution in [0.3, 0.4) is 0 Å². The second-order valence-electron chi connectivity index (χ2n) is 5.82. The highest BCUT2D eigenvalue weighted by Gasteiger charge is 2.35. The van der Waals surface area contributed by atoms with Crippen LogP contribution in [0.5, 0.6) is 0 Å². The van der Waals surface area contributed by atoms with Crippen LogP contribution in [0.2, 0.25) is 5.02 Å². The summed E-state index contributed by atoms with van der Waals surface area (Å²) in [6.45, 7) is 5.20. The molecule has 21 heavy (non-hydrogen) atoms. The highest BCUT2D eigenvalue weighted by Crippen LogP contribution is 2.39. The Hall–Kier alpha value is -0.840. The van der Waals surface area contributed by atoms with Crippen LogP contribution in [0.25, 0.3) is 11.0 Å². The summed E-state index contributed by atoms with van der Waals surface area (Å²) in [6.07, 6.45) is 4.08. The Labute approximate surface area is 135 Å². The van der Waals surface area contributed by atoms with Crippen LogP contribution in [0.15, 0.2) is 18.2 Å². The van der Waals surface area contributed by atoms with Crippen LogP contribution in [-0.2, 0) is 4.74 Å². The molecule has 1 saturated heterocycles. The van der Waals surface area contributed by atoms with E-state index in [4.69, 9.17) is 28.6 Å². The first-order valence-corrected chi connectivity index (χ1v) is 8.41. The number of aromatic nitrogens is 2. The molecule has 0 radical (unpaired) electrons. The Morgan fingerprint density at radius 1 is 1.43 bits per heavy atom. The number of imidazole rings is 1. The van der Waals surface area contributed by atoms with Gasteiger partial charge in [-0.15, -0.1) is 0 Å². The average Bonchev–Trinajstić information content (AvgIpc) is 2.85. The number of halogens is 1. The molecule has 1 aromatic heterocycles. The molecule has 2 aromatic rings. The topological polar surface area (TPSA) is 29.9 Å². The Kier molecular flexibility index (Phi) is 4.12. The van der Waals surface area contributed by atoms with Crippen LogP contribution >= 0.6 is 23.8 Å². The lowest BCUT2D eigenvalue weighted by Crippen LogP contribution is -2.39. The summed E-state index contributed by atoms with van der Waals surface area (Å²) >= 11 is 11.8. The summed E-state index contributed by atoms with van der Waals surface area (Å²) in [7, 11) is 0. The van der Waals surface area contributed by atoms with Crippen molar-refractivity contribution in [2.45, 2.75) is 51.2 Å². The van der Waals surface area contributed by atoms with Crippen molar-refractivity contribution in [3.63, 3.8) is 0 Å². The van der Waals surface area contributed by atoms with Gasteiger partial charge in [-0.2, -0.15) is 0 Å². The molecule has 0 spiro atoms. The fourth-order valence-corrected chi connectivity index (χ4v) is 4.01. The van der Waals surface area contributed by atoms with Crippen LogP contribution in [-0.4, -0.2) is 21.8 Å². The standard InChI is InChI=1S/C16H21ClN2OS/c1-3-16(4-2)10-11(8-9-20-16)19-13-7-5-6-12(17)14(13)18-15(19)21/h5-7,11H,3-4,8-10H2,1-2H3,(H,18,21). The lowest BCUT2D eigenvalue weighted by atomic mass is 9.86. The van der Waals surface area contributed by atoms with E-state index in [0.717, 1.165) is 53.1 Å². The molecule has 3 rings (SSSR count). The Morgan fingerprint density at radius 2 is 2.19 bits per heavy atom. The Balaban J connectivity index is 2.06. The number of nitrogens with zero attached hydrogens (tertiary/aromatic N) is 1. The van der Waals surface area contributed by atoms with Gasteiger partial charge in [-0.1, -0.05) is 31.5 Å². The first-order valence-electron chi connectivity index (χ1n) is 7.63. The zero-order valence-corrected chi connectivity index (χ0v) is 14.1.